The quantitative estimate of drug-likeness (QED) is 0.501. The molecule has 7 nitrogen and oxygen atoms in total. The molecule has 0 radical (unpaired) electrons. The Labute approximate surface area is 163 Å². The average molecular weight is 410 g/mol. The van der Waals surface area contributed by atoms with Crippen molar-refractivity contribution in [3.05, 3.63) is 58.9 Å². The molecule has 1 atom stereocenters. The first-order valence-corrected chi connectivity index (χ1v) is 8.31. The van der Waals surface area contributed by atoms with Gasteiger partial charge in [0.1, 0.15) is 11.3 Å². The summed E-state index contributed by atoms with van der Waals surface area (Å²) in [5.74, 6) is -7.75. The third kappa shape index (κ3) is 5.47. The van der Waals surface area contributed by atoms with Gasteiger partial charge in [0.05, 0.1) is 12.2 Å². The number of hydrogen-bond acceptors (Lipinski definition) is 5. The van der Waals surface area contributed by atoms with Gasteiger partial charge >= 0.3 is 5.97 Å². The second kappa shape index (κ2) is 9.09. The van der Waals surface area contributed by atoms with Crippen molar-refractivity contribution in [3.63, 3.8) is 0 Å². The lowest BCUT2D eigenvalue weighted by molar-refractivity contribution is -0.130. The molecule has 0 fully saturated rings. The minimum Gasteiger partial charge on any atom is -0.507 e. The van der Waals surface area contributed by atoms with E-state index in [0.717, 1.165) is 6.07 Å². The highest BCUT2D eigenvalue weighted by molar-refractivity contribution is 5.97. The zero-order valence-corrected chi connectivity index (χ0v) is 15.4. The van der Waals surface area contributed by atoms with E-state index >= 15 is 0 Å². The number of benzene rings is 2. The van der Waals surface area contributed by atoms with E-state index in [1.54, 1.807) is 13.0 Å². The molecule has 0 aliphatic rings. The SMILES string of the molecule is Cc1ccc(C(=O)O[C@H](C)C(=O)NCC(=O)Nc2ccc(F)c(F)c2F)c(O)c1. The summed E-state index contributed by atoms with van der Waals surface area (Å²) < 4.78 is 44.4. The van der Waals surface area contributed by atoms with E-state index in [0.29, 0.717) is 11.6 Å². The highest BCUT2D eigenvalue weighted by atomic mass is 19.2. The van der Waals surface area contributed by atoms with Gasteiger partial charge in [-0.2, -0.15) is 0 Å². The van der Waals surface area contributed by atoms with Crippen LogP contribution in [0.3, 0.4) is 0 Å². The van der Waals surface area contributed by atoms with E-state index in [2.05, 4.69) is 5.32 Å². The van der Waals surface area contributed by atoms with Crippen molar-refractivity contribution in [1.82, 2.24) is 5.32 Å². The average Bonchev–Trinajstić information content (AvgIpc) is 2.66. The number of carbonyl (C=O) groups excluding carboxylic acids is 3. The van der Waals surface area contributed by atoms with Gasteiger partial charge in [-0.25, -0.2) is 18.0 Å². The van der Waals surface area contributed by atoms with Crippen LogP contribution in [0.4, 0.5) is 18.9 Å². The number of anilines is 1. The zero-order valence-electron chi connectivity index (χ0n) is 15.4. The molecule has 2 rings (SSSR count). The van der Waals surface area contributed by atoms with Crippen LogP contribution in [0.2, 0.25) is 0 Å². The van der Waals surface area contributed by atoms with Crippen molar-refractivity contribution >= 4 is 23.5 Å². The van der Waals surface area contributed by atoms with Crippen LogP contribution in [0.15, 0.2) is 30.3 Å². The summed E-state index contributed by atoms with van der Waals surface area (Å²) in [7, 11) is 0. The molecular weight excluding hydrogens is 393 g/mol. The number of phenols is 1. The molecule has 29 heavy (non-hydrogen) atoms. The summed E-state index contributed by atoms with van der Waals surface area (Å²) in [5.41, 5.74) is -0.0207. The van der Waals surface area contributed by atoms with Crippen molar-refractivity contribution in [2.75, 3.05) is 11.9 Å². The normalized spacial score (nSPS) is 11.5. The number of aryl methyl sites for hydroxylation is 1. The standard InChI is InChI=1S/C19H17F3N2O5/c1-9-3-4-11(14(25)7-9)19(28)29-10(2)18(27)23-8-15(26)24-13-6-5-12(20)16(21)17(13)22/h3-7,10,25H,8H2,1-2H3,(H,23,27)(H,24,26)/t10-/m1/s1. The van der Waals surface area contributed by atoms with Crippen LogP contribution in [-0.4, -0.2) is 35.5 Å². The molecule has 0 aliphatic heterocycles. The van der Waals surface area contributed by atoms with E-state index in [9.17, 15) is 32.7 Å². The van der Waals surface area contributed by atoms with Crippen LogP contribution < -0.4 is 10.6 Å². The fourth-order valence-corrected chi connectivity index (χ4v) is 2.22. The van der Waals surface area contributed by atoms with Gasteiger partial charge in [0.25, 0.3) is 5.91 Å². The molecule has 0 unspecified atom stereocenters. The molecule has 0 saturated heterocycles. The van der Waals surface area contributed by atoms with Crippen molar-refractivity contribution < 1.29 is 37.4 Å². The first-order chi connectivity index (χ1) is 13.6. The summed E-state index contributed by atoms with van der Waals surface area (Å²) >= 11 is 0. The van der Waals surface area contributed by atoms with Crippen molar-refractivity contribution in [2.24, 2.45) is 0 Å². The maximum Gasteiger partial charge on any atom is 0.342 e. The lowest BCUT2D eigenvalue weighted by Crippen LogP contribution is -2.40. The maximum absolute atomic E-state index is 13.5. The molecule has 0 bridgehead atoms. The Morgan fingerprint density at radius 3 is 2.45 bits per heavy atom. The summed E-state index contributed by atoms with van der Waals surface area (Å²) in [6.45, 7) is 2.31. The summed E-state index contributed by atoms with van der Waals surface area (Å²) in [6.07, 6.45) is -1.31. The highest BCUT2D eigenvalue weighted by Crippen LogP contribution is 2.20. The molecule has 0 heterocycles. The number of esters is 1. The molecule has 10 heteroatoms. The predicted octanol–water partition coefficient (Wildman–Crippen LogP) is 2.42. The molecule has 154 valence electrons. The monoisotopic (exact) mass is 410 g/mol. The van der Waals surface area contributed by atoms with Gasteiger partial charge in [0.2, 0.25) is 5.91 Å². The zero-order chi connectivity index (χ0) is 21.7. The Hall–Kier alpha value is -3.56. The Morgan fingerprint density at radius 2 is 1.79 bits per heavy atom. The first kappa shape index (κ1) is 21.7. The van der Waals surface area contributed by atoms with E-state index < -0.39 is 53.6 Å². The highest BCUT2D eigenvalue weighted by Gasteiger charge is 2.22. The van der Waals surface area contributed by atoms with Gasteiger partial charge in [0.15, 0.2) is 23.6 Å². The van der Waals surface area contributed by atoms with Crippen molar-refractivity contribution in [3.8, 4) is 5.75 Å². The van der Waals surface area contributed by atoms with Crippen molar-refractivity contribution in [1.29, 1.82) is 0 Å². The number of rotatable bonds is 6. The molecule has 0 aliphatic carbocycles. The molecule has 0 saturated carbocycles. The first-order valence-electron chi connectivity index (χ1n) is 8.31. The Bertz CT molecular complexity index is 965. The van der Waals surface area contributed by atoms with E-state index in [4.69, 9.17) is 4.74 Å². The number of nitrogens with one attached hydrogen (secondary N) is 2. The lowest BCUT2D eigenvalue weighted by Gasteiger charge is -2.14. The van der Waals surface area contributed by atoms with Crippen LogP contribution in [0.25, 0.3) is 0 Å². The van der Waals surface area contributed by atoms with Crippen LogP contribution in [0.1, 0.15) is 22.8 Å². The number of phenolic OH excluding ortho intramolecular Hbond substituents is 1. The minimum atomic E-state index is -1.74. The second-order valence-electron chi connectivity index (χ2n) is 6.06. The van der Waals surface area contributed by atoms with Gasteiger partial charge < -0.3 is 20.5 Å². The molecule has 0 aromatic heterocycles. The van der Waals surface area contributed by atoms with Crippen LogP contribution in [0.5, 0.6) is 5.75 Å². The van der Waals surface area contributed by atoms with Gasteiger partial charge in [-0.3, -0.25) is 9.59 Å². The Balaban J connectivity index is 1.89. The van der Waals surface area contributed by atoms with Crippen LogP contribution in [-0.2, 0) is 14.3 Å². The van der Waals surface area contributed by atoms with E-state index in [1.807, 2.05) is 5.32 Å². The van der Waals surface area contributed by atoms with Crippen LogP contribution >= 0.6 is 0 Å². The topological polar surface area (TPSA) is 105 Å². The third-order valence-electron chi connectivity index (χ3n) is 3.76. The van der Waals surface area contributed by atoms with Gasteiger partial charge in [-0.1, -0.05) is 6.07 Å². The summed E-state index contributed by atoms with van der Waals surface area (Å²) in [5, 5.41) is 13.9. The molecule has 3 N–H and O–H groups in total. The fourth-order valence-electron chi connectivity index (χ4n) is 2.22. The minimum absolute atomic E-state index is 0.137. The number of carbonyl (C=O) groups is 3. The number of ether oxygens (including phenoxy) is 1. The number of hydrogen-bond donors (Lipinski definition) is 3. The smallest absolute Gasteiger partial charge is 0.342 e. The maximum atomic E-state index is 13.5. The molecular formula is C19H17F3N2O5. The van der Waals surface area contributed by atoms with E-state index in [1.165, 1.54) is 19.1 Å². The van der Waals surface area contributed by atoms with Gasteiger partial charge in [0, 0.05) is 0 Å². The molecule has 2 amide bonds. The number of halogens is 3. The van der Waals surface area contributed by atoms with Crippen LogP contribution in [0, 0.1) is 24.4 Å². The number of amides is 2. The summed E-state index contributed by atoms with van der Waals surface area (Å²) in [4.78, 5) is 35.7. The Kier molecular flexibility index (Phi) is 6.81. The van der Waals surface area contributed by atoms with E-state index in [-0.39, 0.29) is 11.3 Å². The predicted molar refractivity (Wildman–Crippen MR) is 95.7 cm³/mol. The summed E-state index contributed by atoms with van der Waals surface area (Å²) in [6, 6.07) is 5.72. The fraction of sp³-hybridized carbons (Fsp3) is 0.211. The lowest BCUT2D eigenvalue weighted by atomic mass is 10.1. The molecule has 2 aromatic carbocycles. The Morgan fingerprint density at radius 1 is 1.10 bits per heavy atom. The second-order valence-corrected chi connectivity index (χ2v) is 6.06. The van der Waals surface area contributed by atoms with Crippen molar-refractivity contribution in [2.45, 2.75) is 20.0 Å². The number of aromatic hydroxyl groups is 1. The third-order valence-corrected chi connectivity index (χ3v) is 3.76. The van der Waals surface area contributed by atoms with Gasteiger partial charge in [-0.15, -0.1) is 0 Å². The van der Waals surface area contributed by atoms with Gasteiger partial charge in [-0.05, 0) is 43.7 Å². The molecule has 2 aromatic rings. The largest absolute Gasteiger partial charge is 0.507 e. The molecule has 0 spiro atoms.